The molecule has 0 radical (unpaired) electrons. The summed E-state index contributed by atoms with van der Waals surface area (Å²) in [5.74, 6) is -1.65. The van der Waals surface area contributed by atoms with Gasteiger partial charge in [0.2, 0.25) is 5.56 Å². The van der Waals surface area contributed by atoms with E-state index in [1.54, 1.807) is 4.90 Å². The molecule has 27 heavy (non-hydrogen) atoms. The maximum Gasteiger partial charge on any atom is 0.256 e. The second-order valence-corrected chi connectivity index (χ2v) is 6.56. The summed E-state index contributed by atoms with van der Waals surface area (Å²) in [5.41, 5.74) is -0.0980. The second kappa shape index (κ2) is 7.89. The van der Waals surface area contributed by atoms with Crippen molar-refractivity contribution in [1.82, 2.24) is 14.8 Å². The third-order valence-corrected chi connectivity index (χ3v) is 4.64. The van der Waals surface area contributed by atoms with Crippen molar-refractivity contribution in [2.24, 2.45) is 0 Å². The van der Waals surface area contributed by atoms with Crippen molar-refractivity contribution in [2.45, 2.75) is 6.10 Å². The fraction of sp³-hybridized carbons (Fsp3) is 0.278. The quantitative estimate of drug-likeness (QED) is 0.819. The average Bonchev–Trinajstić information content (AvgIpc) is 2.67. The largest absolute Gasteiger partial charge is 0.378 e. The Morgan fingerprint density at radius 2 is 1.78 bits per heavy atom. The van der Waals surface area contributed by atoms with E-state index >= 15 is 0 Å². The molecule has 1 fully saturated rings. The summed E-state index contributed by atoms with van der Waals surface area (Å²) in [6.45, 7) is 0.944. The number of rotatable bonds is 3. The molecule has 2 heterocycles. The van der Waals surface area contributed by atoms with Crippen LogP contribution in [0.25, 0.3) is 0 Å². The highest BCUT2D eigenvalue weighted by Crippen LogP contribution is 2.23. The van der Waals surface area contributed by atoms with Crippen LogP contribution in [-0.4, -0.2) is 57.9 Å². The Morgan fingerprint density at radius 3 is 2.37 bits per heavy atom. The maximum atomic E-state index is 13.9. The number of benzene rings is 1. The molecule has 9 heteroatoms. The van der Waals surface area contributed by atoms with Crippen LogP contribution in [0.15, 0.2) is 41.3 Å². The van der Waals surface area contributed by atoms with E-state index in [4.69, 9.17) is 11.6 Å². The minimum atomic E-state index is -1.64. The molecule has 3 rings (SSSR count). The summed E-state index contributed by atoms with van der Waals surface area (Å²) < 4.78 is 13.9. The molecule has 1 saturated heterocycles. The van der Waals surface area contributed by atoms with Crippen LogP contribution in [0.2, 0.25) is 5.02 Å². The molecule has 2 amide bonds. The van der Waals surface area contributed by atoms with E-state index in [0.717, 1.165) is 6.07 Å². The van der Waals surface area contributed by atoms with Gasteiger partial charge in [-0.1, -0.05) is 17.7 Å². The van der Waals surface area contributed by atoms with Gasteiger partial charge in [-0.25, -0.2) is 4.39 Å². The molecule has 142 valence electrons. The van der Waals surface area contributed by atoms with Crippen molar-refractivity contribution in [2.75, 3.05) is 26.2 Å². The lowest BCUT2D eigenvalue weighted by Gasteiger charge is -2.35. The number of aliphatic hydroxyl groups excluding tert-OH is 1. The zero-order valence-electron chi connectivity index (χ0n) is 14.2. The highest BCUT2D eigenvalue weighted by molar-refractivity contribution is 6.30. The van der Waals surface area contributed by atoms with E-state index in [-0.39, 0.29) is 48.2 Å². The predicted molar refractivity (Wildman–Crippen MR) is 95.9 cm³/mol. The summed E-state index contributed by atoms with van der Waals surface area (Å²) in [4.78, 5) is 41.3. The van der Waals surface area contributed by atoms with E-state index in [9.17, 15) is 23.9 Å². The Balaban J connectivity index is 1.62. The minimum absolute atomic E-state index is 0.142. The number of aromatic nitrogens is 1. The number of halogens is 2. The fourth-order valence-electron chi connectivity index (χ4n) is 2.89. The lowest BCUT2D eigenvalue weighted by molar-refractivity contribution is -0.142. The Bertz CT molecular complexity index is 905. The number of aliphatic hydroxyl groups is 1. The van der Waals surface area contributed by atoms with Gasteiger partial charge in [-0.2, -0.15) is 0 Å². The van der Waals surface area contributed by atoms with Crippen LogP contribution in [0, 0.1) is 5.82 Å². The molecule has 0 spiro atoms. The van der Waals surface area contributed by atoms with Gasteiger partial charge in [-0.3, -0.25) is 14.4 Å². The summed E-state index contributed by atoms with van der Waals surface area (Å²) in [6.07, 6.45) is -0.293. The van der Waals surface area contributed by atoms with Crippen molar-refractivity contribution in [1.29, 1.82) is 0 Å². The summed E-state index contributed by atoms with van der Waals surface area (Å²) in [6, 6.07) is 6.41. The summed E-state index contributed by atoms with van der Waals surface area (Å²) >= 11 is 5.68. The van der Waals surface area contributed by atoms with Crippen molar-refractivity contribution >= 4 is 23.4 Å². The van der Waals surface area contributed by atoms with E-state index in [2.05, 4.69) is 4.98 Å². The monoisotopic (exact) mass is 393 g/mol. The van der Waals surface area contributed by atoms with Crippen molar-refractivity contribution in [3.05, 3.63) is 68.8 Å². The Labute approximate surface area is 159 Å². The minimum Gasteiger partial charge on any atom is -0.378 e. The molecule has 1 atom stereocenters. The topological polar surface area (TPSA) is 93.7 Å². The lowest BCUT2D eigenvalue weighted by Crippen LogP contribution is -2.51. The molecular weight excluding hydrogens is 377 g/mol. The van der Waals surface area contributed by atoms with Gasteiger partial charge in [0.05, 0.1) is 5.56 Å². The first-order valence-electron chi connectivity index (χ1n) is 8.26. The van der Waals surface area contributed by atoms with Gasteiger partial charge < -0.3 is 19.9 Å². The molecule has 0 saturated carbocycles. The average molecular weight is 394 g/mol. The van der Waals surface area contributed by atoms with Crippen LogP contribution in [0.5, 0.6) is 0 Å². The number of aromatic amines is 1. The summed E-state index contributed by atoms with van der Waals surface area (Å²) in [7, 11) is 0. The van der Waals surface area contributed by atoms with Crippen LogP contribution in [0.4, 0.5) is 4.39 Å². The zero-order valence-corrected chi connectivity index (χ0v) is 14.9. The molecular formula is C18H17ClFN3O4. The number of nitrogens with zero attached hydrogens (tertiary/aromatic N) is 2. The Kier molecular flexibility index (Phi) is 5.57. The number of carbonyl (C=O) groups excluding carboxylic acids is 2. The lowest BCUT2D eigenvalue weighted by atomic mass is 10.1. The van der Waals surface area contributed by atoms with Crippen molar-refractivity contribution in [3.8, 4) is 0 Å². The van der Waals surface area contributed by atoms with E-state index < -0.39 is 17.8 Å². The number of hydrogen-bond donors (Lipinski definition) is 2. The number of piperazine rings is 1. The number of pyridine rings is 1. The molecule has 1 unspecified atom stereocenters. The van der Waals surface area contributed by atoms with E-state index in [0.29, 0.717) is 5.56 Å². The van der Waals surface area contributed by atoms with Crippen LogP contribution >= 0.6 is 11.6 Å². The van der Waals surface area contributed by atoms with Crippen LogP contribution in [-0.2, 0) is 4.79 Å². The van der Waals surface area contributed by atoms with Gasteiger partial charge in [0, 0.05) is 49.0 Å². The smallest absolute Gasteiger partial charge is 0.256 e. The second-order valence-electron chi connectivity index (χ2n) is 6.13. The van der Waals surface area contributed by atoms with E-state index in [1.807, 2.05) is 0 Å². The standard InChI is InChI=1S/C18H17ClFN3O4/c19-12-2-3-13(14(20)9-12)16(25)18(27)23-7-5-22(6-8-23)17(26)11-1-4-15(24)21-10-11/h1-4,9-10,16,25H,5-8H2,(H,21,24). The number of carbonyl (C=O) groups is 2. The maximum absolute atomic E-state index is 13.9. The first kappa shape index (κ1) is 19.1. The van der Waals surface area contributed by atoms with Crippen molar-refractivity contribution < 1.29 is 19.1 Å². The van der Waals surface area contributed by atoms with Crippen molar-refractivity contribution in [3.63, 3.8) is 0 Å². The van der Waals surface area contributed by atoms with Gasteiger partial charge in [-0.05, 0) is 18.2 Å². The third kappa shape index (κ3) is 4.17. The first-order chi connectivity index (χ1) is 12.9. The molecule has 2 aromatic rings. The molecule has 0 aliphatic carbocycles. The van der Waals surface area contributed by atoms with Gasteiger partial charge in [0.25, 0.3) is 11.8 Å². The molecule has 0 bridgehead atoms. The van der Waals surface area contributed by atoms with Gasteiger partial charge in [0.1, 0.15) is 5.82 Å². The number of nitrogens with one attached hydrogen (secondary N) is 1. The van der Waals surface area contributed by atoms with E-state index in [1.165, 1.54) is 35.4 Å². The third-order valence-electron chi connectivity index (χ3n) is 4.40. The predicted octanol–water partition coefficient (Wildman–Crippen LogP) is 1.19. The highest BCUT2D eigenvalue weighted by atomic mass is 35.5. The normalized spacial score (nSPS) is 15.5. The number of hydrogen-bond acceptors (Lipinski definition) is 4. The first-order valence-corrected chi connectivity index (χ1v) is 8.64. The zero-order chi connectivity index (χ0) is 19.6. The molecule has 1 aliphatic rings. The highest BCUT2D eigenvalue weighted by Gasteiger charge is 2.30. The van der Waals surface area contributed by atoms with Crippen LogP contribution < -0.4 is 5.56 Å². The Morgan fingerprint density at radius 1 is 1.11 bits per heavy atom. The fourth-order valence-corrected chi connectivity index (χ4v) is 3.04. The molecule has 7 nitrogen and oxygen atoms in total. The SMILES string of the molecule is O=C(c1ccc(=O)[nH]c1)N1CCN(C(=O)C(O)c2ccc(Cl)cc2F)CC1. The molecule has 1 aromatic carbocycles. The van der Waals surface area contributed by atoms with Crippen LogP contribution in [0.1, 0.15) is 22.0 Å². The number of amides is 2. The molecule has 2 N–H and O–H groups in total. The Hall–Kier alpha value is -2.71. The van der Waals surface area contributed by atoms with Gasteiger partial charge >= 0.3 is 0 Å². The molecule has 1 aromatic heterocycles. The molecule has 1 aliphatic heterocycles. The summed E-state index contributed by atoms with van der Waals surface area (Å²) in [5, 5.41) is 10.4. The number of H-pyrrole nitrogens is 1. The van der Waals surface area contributed by atoms with Gasteiger partial charge in [-0.15, -0.1) is 0 Å². The van der Waals surface area contributed by atoms with Gasteiger partial charge in [0.15, 0.2) is 6.10 Å². The van der Waals surface area contributed by atoms with Crippen LogP contribution in [0.3, 0.4) is 0 Å².